The van der Waals surface area contributed by atoms with Crippen LogP contribution in [0.25, 0.3) is 10.2 Å². The van der Waals surface area contributed by atoms with Gasteiger partial charge in [-0.05, 0) is 26.0 Å². The van der Waals surface area contributed by atoms with Crippen LogP contribution in [0.2, 0.25) is 0 Å². The smallest absolute Gasteiger partial charge is 0.308 e. The highest BCUT2D eigenvalue weighted by Crippen LogP contribution is 2.32. The molecule has 2 heterocycles. The average molecular weight is 399 g/mol. The number of benzene rings is 1. The van der Waals surface area contributed by atoms with Gasteiger partial charge >= 0.3 is 5.97 Å². The van der Waals surface area contributed by atoms with E-state index in [4.69, 9.17) is 9.47 Å². The number of hydrogen-bond acceptors (Lipinski definition) is 8. The largest absolute Gasteiger partial charge is 0.469 e. The zero-order valence-electron chi connectivity index (χ0n) is 14.8. The third kappa shape index (κ3) is 4.40. The molecule has 1 saturated heterocycles. The van der Waals surface area contributed by atoms with E-state index in [1.165, 1.54) is 7.11 Å². The molecule has 26 heavy (non-hydrogen) atoms. The van der Waals surface area contributed by atoms with Crippen molar-refractivity contribution in [2.75, 3.05) is 12.9 Å². The minimum Gasteiger partial charge on any atom is -0.469 e. The summed E-state index contributed by atoms with van der Waals surface area (Å²) >= 11 is 1.15. The normalized spacial score (nSPS) is 23.0. The van der Waals surface area contributed by atoms with Crippen molar-refractivity contribution in [2.45, 2.75) is 49.0 Å². The Balaban J connectivity index is 1.78. The number of carbonyl (C=O) groups excluding carboxylic acids is 1. The van der Waals surface area contributed by atoms with Gasteiger partial charge in [-0.2, -0.15) is 0 Å². The Bertz CT molecular complexity index is 872. The molecule has 2 atom stereocenters. The van der Waals surface area contributed by atoms with Gasteiger partial charge in [-0.3, -0.25) is 4.79 Å². The molecular formula is C17H21NO6S2. The molecule has 1 aromatic heterocycles. The number of hydrogen-bond donors (Lipinski definition) is 0. The molecule has 0 radical (unpaired) electrons. The van der Waals surface area contributed by atoms with Crippen LogP contribution in [-0.4, -0.2) is 50.2 Å². The van der Waals surface area contributed by atoms with E-state index >= 15 is 0 Å². The van der Waals surface area contributed by atoms with Crippen molar-refractivity contribution in [3.8, 4) is 0 Å². The van der Waals surface area contributed by atoms with Crippen molar-refractivity contribution in [3.05, 3.63) is 24.3 Å². The van der Waals surface area contributed by atoms with E-state index in [0.29, 0.717) is 11.9 Å². The molecule has 0 unspecified atom stereocenters. The summed E-state index contributed by atoms with van der Waals surface area (Å²) in [5.74, 6) is -1.59. The van der Waals surface area contributed by atoms with Gasteiger partial charge in [0.05, 0.1) is 41.7 Å². The first-order chi connectivity index (χ1) is 12.2. The summed E-state index contributed by atoms with van der Waals surface area (Å²) in [7, 11) is -2.31. The fourth-order valence-corrected chi connectivity index (χ4v) is 5.77. The van der Waals surface area contributed by atoms with Crippen LogP contribution < -0.4 is 0 Å². The molecule has 1 aromatic carbocycles. The summed E-state index contributed by atoms with van der Waals surface area (Å²) in [6.45, 7) is 3.40. The number of nitrogens with zero attached hydrogens (tertiary/aromatic N) is 1. The number of fused-ring (bicyclic) bond motifs is 1. The molecule has 0 bridgehead atoms. The summed E-state index contributed by atoms with van der Waals surface area (Å²) in [6.07, 6.45) is -0.698. The number of methoxy groups -OCH3 is 1. The molecule has 1 fully saturated rings. The van der Waals surface area contributed by atoms with Crippen LogP contribution in [0.3, 0.4) is 0 Å². The van der Waals surface area contributed by atoms with Gasteiger partial charge < -0.3 is 14.2 Å². The lowest BCUT2D eigenvalue weighted by Gasteiger charge is -2.40. The average Bonchev–Trinajstić information content (AvgIpc) is 2.97. The standard InChI is InChI=1S/C17H21NO6S2/c1-17(2)23-11(9-15(19)22-3)8-12(24-17)10-26(20,21)16-18-13-6-4-5-7-14(13)25-16/h4-7,11-12H,8-10H2,1-3H3/t11-,12-/m0/s1. The molecule has 1 aliphatic rings. The van der Waals surface area contributed by atoms with Crippen molar-refractivity contribution in [1.82, 2.24) is 4.98 Å². The van der Waals surface area contributed by atoms with Gasteiger partial charge in [-0.1, -0.05) is 12.1 Å². The Hall–Kier alpha value is -1.55. The third-order valence-corrected chi connectivity index (χ3v) is 7.27. The predicted octanol–water partition coefficient (Wildman–Crippen LogP) is 2.54. The predicted molar refractivity (Wildman–Crippen MR) is 96.7 cm³/mol. The van der Waals surface area contributed by atoms with Gasteiger partial charge in [0.25, 0.3) is 0 Å². The number of ether oxygens (including phenoxy) is 3. The van der Waals surface area contributed by atoms with Gasteiger partial charge in [0, 0.05) is 6.42 Å². The summed E-state index contributed by atoms with van der Waals surface area (Å²) in [5, 5.41) is 0. The first-order valence-corrected chi connectivity index (χ1v) is 10.7. The van der Waals surface area contributed by atoms with E-state index < -0.39 is 33.8 Å². The second-order valence-corrected chi connectivity index (χ2v) is 9.86. The first-order valence-electron chi connectivity index (χ1n) is 8.19. The van der Waals surface area contributed by atoms with Crippen LogP contribution in [0.15, 0.2) is 28.6 Å². The lowest BCUT2D eigenvalue weighted by Crippen LogP contribution is -2.47. The van der Waals surface area contributed by atoms with Gasteiger partial charge in [0.2, 0.25) is 14.2 Å². The molecule has 0 aliphatic carbocycles. The Morgan fingerprint density at radius 1 is 1.31 bits per heavy atom. The minimum absolute atomic E-state index is 0.0565. The summed E-state index contributed by atoms with van der Waals surface area (Å²) in [5.41, 5.74) is 0.660. The highest BCUT2D eigenvalue weighted by Gasteiger charge is 2.39. The molecule has 0 N–H and O–H groups in total. The second kappa shape index (κ2) is 7.22. The monoisotopic (exact) mass is 399 g/mol. The van der Waals surface area contributed by atoms with Crippen LogP contribution in [0.4, 0.5) is 0 Å². The topological polar surface area (TPSA) is 91.8 Å². The Morgan fingerprint density at radius 3 is 2.69 bits per heavy atom. The summed E-state index contributed by atoms with van der Waals surface area (Å²) in [4.78, 5) is 15.8. The first kappa shape index (κ1) is 19.2. The summed E-state index contributed by atoms with van der Waals surface area (Å²) in [6, 6.07) is 7.29. The number of rotatable bonds is 5. The Labute approximate surface area is 156 Å². The molecule has 142 valence electrons. The van der Waals surface area contributed by atoms with Crippen molar-refractivity contribution in [1.29, 1.82) is 0 Å². The SMILES string of the molecule is COC(=O)C[C@@H]1C[C@@H](CS(=O)(=O)c2nc3ccccc3s2)OC(C)(C)O1. The van der Waals surface area contributed by atoms with Crippen LogP contribution in [0.5, 0.6) is 0 Å². The van der Waals surface area contributed by atoms with E-state index in [1.54, 1.807) is 19.9 Å². The zero-order chi connectivity index (χ0) is 18.9. The fourth-order valence-electron chi connectivity index (χ4n) is 3.02. The van der Waals surface area contributed by atoms with Gasteiger partial charge in [-0.15, -0.1) is 11.3 Å². The van der Waals surface area contributed by atoms with E-state index in [9.17, 15) is 13.2 Å². The third-order valence-electron chi connectivity index (χ3n) is 3.99. The highest BCUT2D eigenvalue weighted by atomic mass is 32.2. The van der Waals surface area contributed by atoms with Gasteiger partial charge in [-0.25, -0.2) is 13.4 Å². The number of esters is 1. The van der Waals surface area contributed by atoms with Gasteiger partial charge in [0.1, 0.15) is 0 Å². The van der Waals surface area contributed by atoms with E-state index in [1.807, 2.05) is 18.2 Å². The molecule has 0 spiro atoms. The van der Waals surface area contributed by atoms with Crippen molar-refractivity contribution >= 4 is 37.4 Å². The highest BCUT2D eigenvalue weighted by molar-refractivity contribution is 7.93. The maximum absolute atomic E-state index is 12.8. The fraction of sp³-hybridized carbons (Fsp3) is 0.529. The van der Waals surface area contributed by atoms with Crippen molar-refractivity contribution in [3.63, 3.8) is 0 Å². The maximum Gasteiger partial charge on any atom is 0.308 e. The van der Waals surface area contributed by atoms with E-state index in [0.717, 1.165) is 16.0 Å². The molecule has 1 aliphatic heterocycles. The Morgan fingerprint density at radius 2 is 2.00 bits per heavy atom. The zero-order valence-corrected chi connectivity index (χ0v) is 16.4. The molecule has 0 amide bonds. The molecular weight excluding hydrogens is 378 g/mol. The second-order valence-electron chi connectivity index (χ2n) is 6.62. The van der Waals surface area contributed by atoms with Crippen LogP contribution >= 0.6 is 11.3 Å². The molecule has 0 saturated carbocycles. The number of para-hydroxylation sites is 1. The molecule has 3 rings (SSSR count). The molecule has 2 aromatic rings. The van der Waals surface area contributed by atoms with E-state index in [2.05, 4.69) is 9.72 Å². The minimum atomic E-state index is -3.62. The van der Waals surface area contributed by atoms with Gasteiger partial charge in [0.15, 0.2) is 5.79 Å². The Kier molecular flexibility index (Phi) is 5.34. The van der Waals surface area contributed by atoms with Crippen molar-refractivity contribution in [2.24, 2.45) is 0 Å². The summed E-state index contributed by atoms with van der Waals surface area (Å²) < 4.78 is 42.7. The van der Waals surface area contributed by atoms with Crippen molar-refractivity contribution < 1.29 is 27.4 Å². The quantitative estimate of drug-likeness (QED) is 0.714. The number of sulfone groups is 1. The number of thiazole rings is 1. The lowest BCUT2D eigenvalue weighted by molar-refractivity contribution is -0.295. The number of aromatic nitrogens is 1. The number of carbonyl (C=O) groups is 1. The molecule has 7 nitrogen and oxygen atoms in total. The van der Waals surface area contributed by atoms with Crippen LogP contribution in [-0.2, 0) is 28.8 Å². The maximum atomic E-state index is 12.8. The van der Waals surface area contributed by atoms with Crippen LogP contribution in [0.1, 0.15) is 26.7 Å². The molecule has 9 heteroatoms. The van der Waals surface area contributed by atoms with E-state index in [-0.39, 0.29) is 16.5 Å². The van der Waals surface area contributed by atoms with Crippen LogP contribution in [0, 0.1) is 0 Å². The lowest BCUT2D eigenvalue weighted by atomic mass is 10.1.